The van der Waals surface area contributed by atoms with Gasteiger partial charge in [-0.05, 0) is 45.4 Å². The molecule has 9 heteroatoms. The van der Waals surface area contributed by atoms with Crippen molar-refractivity contribution in [1.29, 1.82) is 0 Å². The molecule has 0 radical (unpaired) electrons. The third kappa shape index (κ3) is 5.51. The predicted octanol–water partition coefficient (Wildman–Crippen LogP) is 4.01. The summed E-state index contributed by atoms with van der Waals surface area (Å²) < 4.78 is 0. The van der Waals surface area contributed by atoms with Crippen LogP contribution in [0.15, 0.2) is 65.9 Å². The van der Waals surface area contributed by atoms with Gasteiger partial charge in [0.15, 0.2) is 0 Å². The Hall–Kier alpha value is -3.72. The van der Waals surface area contributed by atoms with E-state index in [4.69, 9.17) is 0 Å². The molecule has 1 aliphatic rings. The van der Waals surface area contributed by atoms with Gasteiger partial charge in [-0.3, -0.25) is 19.8 Å². The maximum atomic E-state index is 12.7. The van der Waals surface area contributed by atoms with Crippen LogP contribution in [-0.4, -0.2) is 50.6 Å². The van der Waals surface area contributed by atoms with E-state index in [1.165, 1.54) is 18.2 Å². The summed E-state index contributed by atoms with van der Waals surface area (Å²) in [7, 11) is 1.96. The highest BCUT2D eigenvalue weighted by Crippen LogP contribution is 2.46. The first-order valence-electron chi connectivity index (χ1n) is 11.4. The third-order valence-corrected chi connectivity index (χ3v) is 6.89. The minimum Gasteiger partial charge on any atom is -0.481 e. The molecule has 186 valence electrons. The lowest BCUT2D eigenvalue weighted by Gasteiger charge is -2.48. The van der Waals surface area contributed by atoms with Crippen molar-refractivity contribution in [2.45, 2.75) is 51.2 Å². The van der Waals surface area contributed by atoms with Crippen molar-refractivity contribution < 1.29 is 24.7 Å². The van der Waals surface area contributed by atoms with Crippen LogP contribution in [0.2, 0.25) is 0 Å². The van der Waals surface area contributed by atoms with Gasteiger partial charge < -0.3 is 15.5 Å². The zero-order valence-corrected chi connectivity index (χ0v) is 20.3. The summed E-state index contributed by atoms with van der Waals surface area (Å²) in [5.41, 5.74) is 0.436. The molecule has 0 bridgehead atoms. The van der Waals surface area contributed by atoms with Crippen molar-refractivity contribution in [3.63, 3.8) is 0 Å². The highest BCUT2D eigenvalue weighted by atomic mass is 16.6. The van der Waals surface area contributed by atoms with Gasteiger partial charge in [0.1, 0.15) is 0 Å². The lowest BCUT2D eigenvalue weighted by atomic mass is 9.65. The zero-order valence-electron chi connectivity index (χ0n) is 20.3. The molecule has 0 fully saturated rings. The highest BCUT2D eigenvalue weighted by molar-refractivity contribution is 5.92. The summed E-state index contributed by atoms with van der Waals surface area (Å²) in [6.45, 7) is 6.07. The van der Waals surface area contributed by atoms with Gasteiger partial charge >= 0.3 is 11.9 Å². The molecule has 4 atom stereocenters. The first kappa shape index (κ1) is 25.9. The van der Waals surface area contributed by atoms with E-state index < -0.39 is 34.2 Å². The Bertz CT molecular complexity index is 1150. The first-order chi connectivity index (χ1) is 16.4. The largest absolute Gasteiger partial charge is 0.481 e. The Balaban J connectivity index is 2.03. The van der Waals surface area contributed by atoms with Crippen LogP contribution in [0.1, 0.15) is 44.2 Å². The molecular formula is C26H31N3O6. The van der Waals surface area contributed by atoms with Gasteiger partial charge in [-0.15, -0.1) is 0 Å². The second kappa shape index (κ2) is 10.3. The SMILES string of the molecule is CC1=C(C(=O)O)C(c2cccc([N+](=O)[O-])c2)C(C(=O)O)C(C)(CC(C)N(C)Cc2ccccc2)N1. The van der Waals surface area contributed by atoms with E-state index in [0.717, 1.165) is 5.56 Å². The molecule has 4 unspecified atom stereocenters. The second-order valence-corrected chi connectivity index (χ2v) is 9.49. The molecule has 3 rings (SSSR count). The van der Waals surface area contributed by atoms with Gasteiger partial charge in [0, 0.05) is 41.9 Å². The monoisotopic (exact) mass is 481 g/mol. The number of aliphatic carboxylic acids is 2. The van der Waals surface area contributed by atoms with E-state index in [1.54, 1.807) is 19.9 Å². The summed E-state index contributed by atoms with van der Waals surface area (Å²) in [5.74, 6) is -4.66. The predicted molar refractivity (Wildman–Crippen MR) is 131 cm³/mol. The highest BCUT2D eigenvalue weighted by Gasteiger charge is 2.52. The molecule has 2 aromatic carbocycles. The number of nitro benzene ring substituents is 1. The fourth-order valence-electron chi connectivity index (χ4n) is 5.22. The van der Waals surface area contributed by atoms with Crippen molar-refractivity contribution in [1.82, 2.24) is 10.2 Å². The van der Waals surface area contributed by atoms with E-state index in [9.17, 15) is 29.9 Å². The normalized spacial score (nSPS) is 23.0. The summed E-state index contributed by atoms with van der Waals surface area (Å²) in [5, 5.41) is 34.9. The molecule has 1 aliphatic heterocycles. The van der Waals surface area contributed by atoms with Crippen LogP contribution in [0.5, 0.6) is 0 Å². The van der Waals surface area contributed by atoms with Crippen LogP contribution >= 0.6 is 0 Å². The summed E-state index contributed by atoms with van der Waals surface area (Å²) in [6.07, 6.45) is 0.406. The van der Waals surface area contributed by atoms with Gasteiger partial charge in [-0.1, -0.05) is 42.5 Å². The minimum absolute atomic E-state index is 0.0560. The topological polar surface area (TPSA) is 133 Å². The summed E-state index contributed by atoms with van der Waals surface area (Å²) >= 11 is 0. The zero-order chi connectivity index (χ0) is 25.9. The number of carbonyl (C=O) groups is 2. The Morgan fingerprint density at radius 3 is 2.40 bits per heavy atom. The van der Waals surface area contributed by atoms with Crippen molar-refractivity contribution in [2.24, 2.45) is 5.92 Å². The number of benzene rings is 2. The van der Waals surface area contributed by atoms with E-state index in [1.807, 2.05) is 44.3 Å². The molecule has 1 heterocycles. The van der Waals surface area contributed by atoms with E-state index in [0.29, 0.717) is 24.2 Å². The van der Waals surface area contributed by atoms with Crippen molar-refractivity contribution >= 4 is 17.6 Å². The lowest BCUT2D eigenvalue weighted by Crippen LogP contribution is -2.59. The van der Waals surface area contributed by atoms with Crippen LogP contribution in [0.3, 0.4) is 0 Å². The van der Waals surface area contributed by atoms with Crippen molar-refractivity contribution in [3.8, 4) is 0 Å². The number of allylic oxidation sites excluding steroid dienone is 1. The molecule has 0 aliphatic carbocycles. The molecule has 3 N–H and O–H groups in total. The number of rotatable bonds is 9. The molecule has 9 nitrogen and oxygen atoms in total. The van der Waals surface area contributed by atoms with Gasteiger partial charge in [-0.25, -0.2) is 4.79 Å². The van der Waals surface area contributed by atoms with Crippen LogP contribution in [0, 0.1) is 16.0 Å². The van der Waals surface area contributed by atoms with E-state index in [-0.39, 0.29) is 17.3 Å². The number of nitrogens with one attached hydrogen (secondary N) is 1. The standard InChI is InChI=1S/C26H31N3O6/c1-16(28(4)15-18-9-6-5-7-10-18)14-26(3)23(25(32)33)22(21(24(30)31)17(2)27-26)19-11-8-12-20(13-19)29(34)35/h5-13,16,22-23,27H,14-15H2,1-4H3,(H,30,31)(H,32,33). The van der Waals surface area contributed by atoms with Gasteiger partial charge in [0.05, 0.1) is 16.4 Å². The molecule has 0 saturated heterocycles. The Kier molecular flexibility index (Phi) is 7.60. The maximum Gasteiger partial charge on any atom is 0.333 e. The summed E-state index contributed by atoms with van der Waals surface area (Å²) in [6, 6.07) is 15.4. The number of carboxylic acid groups (broad SMARTS) is 2. The Morgan fingerprint density at radius 1 is 1.17 bits per heavy atom. The second-order valence-electron chi connectivity index (χ2n) is 9.49. The maximum absolute atomic E-state index is 12.7. The number of hydrogen-bond acceptors (Lipinski definition) is 6. The number of nitro groups is 1. The number of nitrogens with zero attached hydrogens (tertiary/aromatic N) is 2. The van der Waals surface area contributed by atoms with Crippen LogP contribution in [0.25, 0.3) is 0 Å². The molecule has 0 spiro atoms. The molecule has 2 aromatic rings. The molecule has 0 saturated carbocycles. The van der Waals surface area contributed by atoms with Crippen molar-refractivity contribution in [3.05, 3.63) is 87.1 Å². The van der Waals surface area contributed by atoms with Crippen LogP contribution < -0.4 is 5.32 Å². The minimum atomic E-state index is -1.26. The van der Waals surface area contributed by atoms with Gasteiger partial charge in [0.25, 0.3) is 5.69 Å². The third-order valence-electron chi connectivity index (χ3n) is 6.89. The van der Waals surface area contributed by atoms with Crippen LogP contribution in [0.4, 0.5) is 5.69 Å². The number of hydrogen-bond donors (Lipinski definition) is 3. The van der Waals surface area contributed by atoms with E-state index >= 15 is 0 Å². The smallest absolute Gasteiger partial charge is 0.333 e. The Morgan fingerprint density at radius 2 is 1.83 bits per heavy atom. The fraction of sp³-hybridized carbons (Fsp3) is 0.385. The van der Waals surface area contributed by atoms with Gasteiger partial charge in [0.2, 0.25) is 0 Å². The average Bonchev–Trinajstić information content (AvgIpc) is 2.78. The molecular weight excluding hydrogens is 450 g/mol. The van der Waals surface area contributed by atoms with Crippen molar-refractivity contribution in [2.75, 3.05) is 7.05 Å². The fourth-order valence-corrected chi connectivity index (χ4v) is 5.22. The first-order valence-corrected chi connectivity index (χ1v) is 11.4. The molecule has 35 heavy (non-hydrogen) atoms. The average molecular weight is 482 g/mol. The number of carboxylic acids is 2. The molecule has 0 aromatic heterocycles. The summed E-state index contributed by atoms with van der Waals surface area (Å²) in [4.78, 5) is 37.9. The Labute approximate surface area is 204 Å². The van der Waals surface area contributed by atoms with Crippen LogP contribution in [-0.2, 0) is 16.1 Å². The lowest BCUT2D eigenvalue weighted by molar-refractivity contribution is -0.384. The number of non-ortho nitro benzene ring substituents is 1. The quantitative estimate of drug-likeness (QED) is 0.361. The van der Waals surface area contributed by atoms with E-state index in [2.05, 4.69) is 10.2 Å². The van der Waals surface area contributed by atoms with Gasteiger partial charge in [-0.2, -0.15) is 0 Å². The molecule has 0 amide bonds.